The van der Waals surface area contributed by atoms with Crippen LogP contribution in [-0.2, 0) is 9.84 Å². The van der Waals surface area contributed by atoms with Gasteiger partial charge in [0.25, 0.3) is 0 Å². The van der Waals surface area contributed by atoms with Crippen LogP contribution in [0.2, 0.25) is 0 Å². The number of nitrogens with zero attached hydrogens (tertiary/aromatic N) is 1. The molecule has 2 unspecified atom stereocenters. The zero-order valence-corrected chi connectivity index (χ0v) is 14.0. The van der Waals surface area contributed by atoms with Crippen molar-refractivity contribution in [2.45, 2.75) is 50.1 Å². The molecule has 0 saturated carbocycles. The summed E-state index contributed by atoms with van der Waals surface area (Å²) in [6.45, 7) is 6.15. The Morgan fingerprint density at radius 3 is 2.71 bits per heavy atom. The van der Waals surface area contributed by atoms with Gasteiger partial charge in [-0.2, -0.15) is 0 Å². The first-order chi connectivity index (χ1) is 9.95. The van der Waals surface area contributed by atoms with E-state index in [1.165, 1.54) is 12.7 Å². The van der Waals surface area contributed by atoms with Gasteiger partial charge in [-0.15, -0.1) is 0 Å². The average molecular weight is 310 g/mol. The maximum atomic E-state index is 12.1. The number of para-hydroxylation sites is 1. The molecule has 2 rings (SSSR count). The molecule has 0 aliphatic carbocycles. The molecule has 1 saturated heterocycles. The Morgan fingerprint density at radius 1 is 1.33 bits per heavy atom. The lowest BCUT2D eigenvalue weighted by Crippen LogP contribution is -2.51. The van der Waals surface area contributed by atoms with Gasteiger partial charge in [0, 0.05) is 24.9 Å². The topological polar surface area (TPSA) is 49.4 Å². The van der Waals surface area contributed by atoms with Crippen LogP contribution in [0.4, 0.5) is 5.69 Å². The largest absolute Gasteiger partial charge is 0.366 e. The number of benzene rings is 1. The molecule has 0 aromatic heterocycles. The Kier molecular flexibility index (Phi) is 5.27. The molecule has 1 heterocycles. The predicted octanol–water partition coefficient (Wildman–Crippen LogP) is 2.45. The molecular weight excluding hydrogens is 284 g/mol. The second kappa shape index (κ2) is 6.79. The number of anilines is 1. The molecule has 1 aromatic rings. The minimum Gasteiger partial charge on any atom is -0.366 e. The van der Waals surface area contributed by atoms with Gasteiger partial charge in [-0.3, -0.25) is 0 Å². The van der Waals surface area contributed by atoms with E-state index in [2.05, 4.69) is 24.1 Å². The number of rotatable bonds is 5. The molecule has 4 nitrogen and oxygen atoms in total. The lowest BCUT2D eigenvalue weighted by Gasteiger charge is -2.41. The minimum absolute atomic E-state index is 0.349. The highest BCUT2D eigenvalue weighted by Gasteiger charge is 2.29. The molecule has 1 aromatic carbocycles. The summed E-state index contributed by atoms with van der Waals surface area (Å²) in [7, 11) is -3.21. The van der Waals surface area contributed by atoms with E-state index in [-0.39, 0.29) is 0 Å². The molecule has 21 heavy (non-hydrogen) atoms. The third kappa shape index (κ3) is 3.77. The summed E-state index contributed by atoms with van der Waals surface area (Å²) in [6.07, 6.45) is 4.72. The standard InChI is InChI=1S/C16H26N2O2S/c1-4-17-13(2)14-9-7-8-12-18(14)15-10-5-6-11-16(15)21(3,19)20/h5-6,10-11,13-14,17H,4,7-9,12H2,1-3H3. The summed E-state index contributed by atoms with van der Waals surface area (Å²) in [5, 5.41) is 3.48. The van der Waals surface area contributed by atoms with Crippen molar-refractivity contribution in [2.24, 2.45) is 0 Å². The highest BCUT2D eigenvalue weighted by molar-refractivity contribution is 7.90. The number of nitrogens with one attached hydrogen (secondary N) is 1. The van der Waals surface area contributed by atoms with E-state index in [9.17, 15) is 8.42 Å². The maximum absolute atomic E-state index is 12.1. The molecule has 118 valence electrons. The highest BCUT2D eigenvalue weighted by atomic mass is 32.2. The fraction of sp³-hybridized carbons (Fsp3) is 0.625. The van der Waals surface area contributed by atoms with E-state index in [1.54, 1.807) is 12.1 Å². The van der Waals surface area contributed by atoms with Crippen LogP contribution < -0.4 is 10.2 Å². The van der Waals surface area contributed by atoms with Gasteiger partial charge < -0.3 is 10.2 Å². The quantitative estimate of drug-likeness (QED) is 0.907. The third-order valence-electron chi connectivity index (χ3n) is 4.23. The van der Waals surface area contributed by atoms with Gasteiger partial charge in [-0.05, 0) is 44.9 Å². The summed E-state index contributed by atoms with van der Waals surface area (Å²) < 4.78 is 24.1. The highest BCUT2D eigenvalue weighted by Crippen LogP contribution is 2.31. The number of sulfone groups is 1. The van der Waals surface area contributed by atoms with Gasteiger partial charge in [0.15, 0.2) is 9.84 Å². The third-order valence-corrected chi connectivity index (χ3v) is 5.37. The molecular formula is C16H26N2O2S. The fourth-order valence-corrected chi connectivity index (χ4v) is 4.13. The van der Waals surface area contributed by atoms with E-state index >= 15 is 0 Å². The van der Waals surface area contributed by atoms with Crippen molar-refractivity contribution in [1.82, 2.24) is 5.32 Å². The van der Waals surface area contributed by atoms with Crippen LogP contribution >= 0.6 is 0 Å². The average Bonchev–Trinajstić information content (AvgIpc) is 2.46. The van der Waals surface area contributed by atoms with Gasteiger partial charge >= 0.3 is 0 Å². The summed E-state index contributed by atoms with van der Waals surface area (Å²) in [6, 6.07) is 8.08. The number of likely N-dealkylation sites (N-methyl/N-ethyl adjacent to an activating group) is 1. The van der Waals surface area contributed by atoms with Crippen molar-refractivity contribution >= 4 is 15.5 Å². The lowest BCUT2D eigenvalue weighted by atomic mass is 9.95. The Morgan fingerprint density at radius 2 is 2.05 bits per heavy atom. The summed E-state index contributed by atoms with van der Waals surface area (Å²) in [4.78, 5) is 2.73. The molecule has 1 N–H and O–H groups in total. The fourth-order valence-electron chi connectivity index (χ4n) is 3.24. The molecule has 1 aliphatic heterocycles. The molecule has 0 radical (unpaired) electrons. The molecule has 0 bridgehead atoms. The maximum Gasteiger partial charge on any atom is 0.177 e. The summed E-state index contributed by atoms with van der Waals surface area (Å²) in [5.74, 6) is 0. The Balaban J connectivity index is 2.38. The SMILES string of the molecule is CCNC(C)C1CCCCN1c1ccccc1S(C)(=O)=O. The molecule has 5 heteroatoms. The normalized spacial score (nSPS) is 21.3. The van der Waals surface area contributed by atoms with E-state index in [0.29, 0.717) is 17.0 Å². The van der Waals surface area contributed by atoms with Gasteiger partial charge in [0.05, 0.1) is 10.6 Å². The van der Waals surface area contributed by atoms with E-state index in [4.69, 9.17) is 0 Å². The van der Waals surface area contributed by atoms with Crippen LogP contribution in [0.5, 0.6) is 0 Å². The van der Waals surface area contributed by atoms with Gasteiger partial charge in [-0.25, -0.2) is 8.42 Å². The van der Waals surface area contributed by atoms with E-state index < -0.39 is 9.84 Å². The number of hydrogen-bond acceptors (Lipinski definition) is 4. The van der Waals surface area contributed by atoms with Crippen LogP contribution in [0.15, 0.2) is 29.2 Å². The van der Waals surface area contributed by atoms with Crippen molar-refractivity contribution < 1.29 is 8.42 Å². The van der Waals surface area contributed by atoms with Crippen molar-refractivity contribution in [3.05, 3.63) is 24.3 Å². The first-order valence-corrected chi connectivity index (χ1v) is 9.63. The van der Waals surface area contributed by atoms with E-state index in [1.807, 2.05) is 12.1 Å². The van der Waals surface area contributed by atoms with Crippen LogP contribution in [0.1, 0.15) is 33.1 Å². The predicted molar refractivity (Wildman–Crippen MR) is 87.7 cm³/mol. The molecule has 2 atom stereocenters. The van der Waals surface area contributed by atoms with Crippen molar-refractivity contribution in [1.29, 1.82) is 0 Å². The van der Waals surface area contributed by atoms with Crippen LogP contribution in [-0.4, -0.2) is 39.8 Å². The molecule has 1 fully saturated rings. The van der Waals surface area contributed by atoms with Gasteiger partial charge in [-0.1, -0.05) is 19.1 Å². The number of piperidine rings is 1. The Hall–Kier alpha value is -1.07. The van der Waals surface area contributed by atoms with Gasteiger partial charge in [0.2, 0.25) is 0 Å². The van der Waals surface area contributed by atoms with Crippen molar-refractivity contribution in [2.75, 3.05) is 24.2 Å². The zero-order valence-electron chi connectivity index (χ0n) is 13.2. The zero-order chi connectivity index (χ0) is 15.5. The van der Waals surface area contributed by atoms with Crippen LogP contribution in [0.3, 0.4) is 0 Å². The van der Waals surface area contributed by atoms with Gasteiger partial charge in [0.1, 0.15) is 0 Å². The van der Waals surface area contributed by atoms with Crippen LogP contribution in [0.25, 0.3) is 0 Å². The Labute approximate surface area is 128 Å². The number of hydrogen-bond donors (Lipinski definition) is 1. The summed E-state index contributed by atoms with van der Waals surface area (Å²) in [5.41, 5.74) is 0.856. The monoisotopic (exact) mass is 310 g/mol. The van der Waals surface area contributed by atoms with Crippen LogP contribution in [0, 0.1) is 0 Å². The minimum atomic E-state index is -3.21. The lowest BCUT2D eigenvalue weighted by molar-refractivity contribution is 0.371. The molecule has 1 aliphatic rings. The Bertz CT molecular complexity index is 571. The second-order valence-corrected chi connectivity index (χ2v) is 7.83. The summed E-state index contributed by atoms with van der Waals surface area (Å²) >= 11 is 0. The first kappa shape index (κ1) is 16.3. The van der Waals surface area contributed by atoms with Crippen molar-refractivity contribution in [3.63, 3.8) is 0 Å². The smallest absolute Gasteiger partial charge is 0.177 e. The second-order valence-electron chi connectivity index (χ2n) is 5.84. The molecule has 0 amide bonds. The first-order valence-electron chi connectivity index (χ1n) is 7.74. The van der Waals surface area contributed by atoms with Crippen molar-refractivity contribution in [3.8, 4) is 0 Å². The molecule has 0 spiro atoms. The van der Waals surface area contributed by atoms with E-state index in [0.717, 1.165) is 31.6 Å².